The van der Waals surface area contributed by atoms with Crippen molar-refractivity contribution < 1.29 is 23.1 Å². The summed E-state index contributed by atoms with van der Waals surface area (Å²) >= 11 is 0. The van der Waals surface area contributed by atoms with Crippen LogP contribution in [0.4, 0.5) is 13.2 Å². The number of carboxylic acids is 1. The van der Waals surface area contributed by atoms with E-state index in [1.165, 1.54) is 32.1 Å². The summed E-state index contributed by atoms with van der Waals surface area (Å²) in [6.45, 7) is 2.31. The molecule has 1 aromatic carbocycles. The highest BCUT2D eigenvalue weighted by atomic mass is 19.2. The van der Waals surface area contributed by atoms with E-state index in [-0.39, 0.29) is 5.56 Å². The van der Waals surface area contributed by atoms with Gasteiger partial charge in [0, 0.05) is 0 Å². The van der Waals surface area contributed by atoms with E-state index >= 15 is 0 Å². The molecule has 0 spiro atoms. The minimum Gasteiger partial charge on any atom is -0.481 e. The van der Waals surface area contributed by atoms with Gasteiger partial charge in [0.15, 0.2) is 17.5 Å². The van der Waals surface area contributed by atoms with E-state index in [4.69, 9.17) is 0 Å². The van der Waals surface area contributed by atoms with Crippen molar-refractivity contribution in [2.75, 3.05) is 0 Å². The lowest BCUT2D eigenvalue weighted by Crippen LogP contribution is -2.40. The van der Waals surface area contributed by atoms with Crippen molar-refractivity contribution in [3.05, 3.63) is 35.1 Å². The lowest BCUT2D eigenvalue weighted by molar-refractivity contribution is -0.145. The highest BCUT2D eigenvalue weighted by molar-refractivity contribution is 5.81. The number of halogens is 3. The molecule has 5 heteroatoms. The Kier molecular flexibility index (Phi) is 6.17. The summed E-state index contributed by atoms with van der Waals surface area (Å²) in [7, 11) is 0. The lowest BCUT2D eigenvalue weighted by Gasteiger charge is -2.38. The van der Waals surface area contributed by atoms with Gasteiger partial charge in [-0.25, -0.2) is 13.2 Å². The standard InChI is InChI=1S/C22H29F3O2/c1-14-2-4-15(5-3-14)6-7-16-8-10-22(11-9-16,21(26)27)17-12-18(23)20(25)19(24)13-17/h12-16H,2-11H2,1H3,(H,26,27). The van der Waals surface area contributed by atoms with Gasteiger partial charge < -0.3 is 5.11 Å². The summed E-state index contributed by atoms with van der Waals surface area (Å²) in [4.78, 5) is 12.0. The fraction of sp³-hybridized carbons (Fsp3) is 0.682. The molecule has 27 heavy (non-hydrogen) atoms. The van der Waals surface area contributed by atoms with Crippen LogP contribution in [0.5, 0.6) is 0 Å². The van der Waals surface area contributed by atoms with Crippen LogP contribution >= 0.6 is 0 Å². The van der Waals surface area contributed by atoms with Gasteiger partial charge in [-0.2, -0.15) is 0 Å². The van der Waals surface area contributed by atoms with Crippen LogP contribution in [0.15, 0.2) is 12.1 Å². The molecule has 2 aliphatic carbocycles. The van der Waals surface area contributed by atoms with Crippen molar-refractivity contribution in [2.45, 2.75) is 76.5 Å². The highest BCUT2D eigenvalue weighted by Crippen LogP contribution is 2.44. The third kappa shape index (κ3) is 4.33. The molecule has 0 unspecified atom stereocenters. The van der Waals surface area contributed by atoms with Crippen molar-refractivity contribution in [1.82, 2.24) is 0 Å². The van der Waals surface area contributed by atoms with Crippen molar-refractivity contribution in [1.29, 1.82) is 0 Å². The summed E-state index contributed by atoms with van der Waals surface area (Å²) < 4.78 is 40.6. The number of carboxylic acid groups (broad SMARTS) is 1. The first-order valence-electron chi connectivity index (χ1n) is 10.2. The van der Waals surface area contributed by atoms with Gasteiger partial charge in [-0.3, -0.25) is 4.79 Å². The first kappa shape index (κ1) is 20.2. The van der Waals surface area contributed by atoms with Crippen molar-refractivity contribution >= 4 is 5.97 Å². The maximum Gasteiger partial charge on any atom is 0.314 e. The molecule has 2 nitrogen and oxygen atoms in total. The first-order chi connectivity index (χ1) is 12.8. The lowest BCUT2D eigenvalue weighted by atomic mass is 9.65. The third-order valence-electron chi connectivity index (χ3n) is 7.02. The van der Waals surface area contributed by atoms with E-state index in [9.17, 15) is 23.1 Å². The molecule has 0 heterocycles. The van der Waals surface area contributed by atoms with Gasteiger partial charge in [-0.05, 0) is 61.1 Å². The van der Waals surface area contributed by atoms with Gasteiger partial charge in [-0.15, -0.1) is 0 Å². The Bertz CT molecular complexity index is 649. The normalized spacial score (nSPS) is 31.6. The van der Waals surface area contributed by atoms with E-state index in [2.05, 4.69) is 6.92 Å². The van der Waals surface area contributed by atoms with Crippen molar-refractivity contribution in [3.63, 3.8) is 0 Å². The van der Waals surface area contributed by atoms with Crippen LogP contribution in [-0.4, -0.2) is 11.1 Å². The fourth-order valence-electron chi connectivity index (χ4n) is 5.01. The fourth-order valence-corrected chi connectivity index (χ4v) is 5.01. The van der Waals surface area contributed by atoms with Gasteiger partial charge in [-0.1, -0.05) is 45.4 Å². The van der Waals surface area contributed by atoms with E-state index in [0.717, 1.165) is 43.2 Å². The molecule has 3 rings (SSSR count). The monoisotopic (exact) mass is 382 g/mol. The molecule has 0 atom stereocenters. The zero-order valence-corrected chi connectivity index (χ0v) is 15.9. The molecule has 0 amide bonds. The molecule has 1 aromatic rings. The predicted molar refractivity (Wildman–Crippen MR) is 97.9 cm³/mol. The molecule has 0 saturated heterocycles. The Morgan fingerprint density at radius 2 is 1.44 bits per heavy atom. The second-order valence-electron chi connectivity index (χ2n) is 8.79. The first-order valence-corrected chi connectivity index (χ1v) is 10.2. The van der Waals surface area contributed by atoms with Crippen molar-refractivity contribution in [3.8, 4) is 0 Å². The smallest absolute Gasteiger partial charge is 0.314 e. The second-order valence-corrected chi connectivity index (χ2v) is 8.79. The molecule has 0 bridgehead atoms. The third-order valence-corrected chi connectivity index (χ3v) is 7.02. The minimum atomic E-state index is -1.55. The Morgan fingerprint density at radius 3 is 1.93 bits per heavy atom. The van der Waals surface area contributed by atoms with Gasteiger partial charge in [0.1, 0.15) is 0 Å². The van der Waals surface area contributed by atoms with Crippen LogP contribution in [0.2, 0.25) is 0 Å². The quantitative estimate of drug-likeness (QED) is 0.614. The Morgan fingerprint density at radius 1 is 0.963 bits per heavy atom. The largest absolute Gasteiger partial charge is 0.481 e. The van der Waals surface area contributed by atoms with Crippen molar-refractivity contribution in [2.24, 2.45) is 17.8 Å². The summed E-state index contributed by atoms with van der Waals surface area (Å²) in [5.41, 5.74) is -1.27. The Hall–Kier alpha value is -1.52. The molecule has 0 aromatic heterocycles. The molecule has 2 fully saturated rings. The summed E-state index contributed by atoms with van der Waals surface area (Å²) in [6, 6.07) is 1.71. The molecule has 0 radical (unpaired) electrons. The van der Waals surface area contributed by atoms with E-state index in [0.29, 0.717) is 18.8 Å². The number of hydrogen-bond acceptors (Lipinski definition) is 1. The van der Waals surface area contributed by atoms with Crippen LogP contribution in [0.1, 0.15) is 76.7 Å². The SMILES string of the molecule is CC1CCC(CCC2CCC(C(=O)O)(c3cc(F)c(F)c(F)c3)CC2)CC1. The molecular formula is C22H29F3O2. The van der Waals surface area contributed by atoms with E-state index in [1.54, 1.807) is 0 Å². The molecule has 0 aliphatic heterocycles. The van der Waals surface area contributed by atoms with Gasteiger partial charge in [0.05, 0.1) is 5.41 Å². The second kappa shape index (κ2) is 8.24. The van der Waals surface area contributed by atoms with Crippen LogP contribution in [-0.2, 0) is 10.2 Å². The molecule has 2 aliphatic rings. The molecule has 1 N–H and O–H groups in total. The van der Waals surface area contributed by atoms with Crippen LogP contribution < -0.4 is 0 Å². The average Bonchev–Trinajstić information content (AvgIpc) is 2.65. The number of hydrogen-bond donors (Lipinski definition) is 1. The number of aliphatic carboxylic acids is 1. The Labute approximate surface area is 159 Å². The van der Waals surface area contributed by atoms with Crippen LogP contribution in [0.3, 0.4) is 0 Å². The van der Waals surface area contributed by atoms with Crippen LogP contribution in [0, 0.1) is 35.2 Å². The zero-order valence-electron chi connectivity index (χ0n) is 15.9. The number of rotatable bonds is 5. The topological polar surface area (TPSA) is 37.3 Å². The molecular weight excluding hydrogens is 353 g/mol. The average molecular weight is 382 g/mol. The molecule has 2 saturated carbocycles. The summed E-state index contributed by atoms with van der Waals surface area (Å²) in [5.74, 6) is -3.18. The minimum absolute atomic E-state index is 0.0473. The van der Waals surface area contributed by atoms with E-state index < -0.39 is 28.8 Å². The Balaban J connectivity index is 1.63. The van der Waals surface area contributed by atoms with Gasteiger partial charge >= 0.3 is 5.97 Å². The summed E-state index contributed by atoms with van der Waals surface area (Å²) in [5, 5.41) is 9.80. The van der Waals surface area contributed by atoms with E-state index in [1.807, 2.05) is 0 Å². The molecule has 150 valence electrons. The maximum atomic E-state index is 13.7. The number of carbonyl (C=O) groups is 1. The van der Waals surface area contributed by atoms with Crippen LogP contribution in [0.25, 0.3) is 0 Å². The predicted octanol–water partition coefficient (Wildman–Crippen LogP) is 6.22. The number of benzene rings is 1. The van der Waals surface area contributed by atoms with Gasteiger partial charge in [0.25, 0.3) is 0 Å². The van der Waals surface area contributed by atoms with Gasteiger partial charge in [0.2, 0.25) is 0 Å². The summed E-state index contributed by atoms with van der Waals surface area (Å²) in [6.07, 6.45) is 9.64. The highest BCUT2D eigenvalue weighted by Gasteiger charge is 2.44. The maximum absolute atomic E-state index is 13.7. The zero-order chi connectivity index (χ0) is 19.6.